The van der Waals surface area contributed by atoms with Crippen molar-refractivity contribution in [3.8, 4) is 11.4 Å². The highest BCUT2D eigenvalue weighted by atomic mass is 32.2. The molecule has 0 amide bonds. The highest BCUT2D eigenvalue weighted by molar-refractivity contribution is 7.99. The van der Waals surface area contributed by atoms with E-state index in [0.29, 0.717) is 0 Å². The summed E-state index contributed by atoms with van der Waals surface area (Å²) in [5.74, 6) is 2.00. The Morgan fingerprint density at radius 1 is 1.09 bits per heavy atom. The van der Waals surface area contributed by atoms with Gasteiger partial charge in [-0.1, -0.05) is 35.5 Å². The van der Waals surface area contributed by atoms with Crippen LogP contribution in [0.3, 0.4) is 0 Å². The zero-order valence-corrected chi connectivity index (χ0v) is 14.4. The Morgan fingerprint density at radius 3 is 2.74 bits per heavy atom. The molecule has 0 unspecified atom stereocenters. The first-order chi connectivity index (χ1) is 11.3. The van der Waals surface area contributed by atoms with E-state index < -0.39 is 0 Å². The monoisotopic (exact) mass is 329 g/mol. The summed E-state index contributed by atoms with van der Waals surface area (Å²) in [5, 5.41) is 9.85. The first-order valence-corrected chi connectivity index (χ1v) is 9.36. The number of rotatable bonds is 4. The van der Waals surface area contributed by atoms with Crippen LogP contribution in [0, 0.1) is 6.92 Å². The molecule has 0 bridgehead atoms. The van der Waals surface area contributed by atoms with Crippen LogP contribution in [0.5, 0.6) is 0 Å². The van der Waals surface area contributed by atoms with Crippen molar-refractivity contribution < 1.29 is 0 Å². The molecule has 1 aromatic heterocycles. The van der Waals surface area contributed by atoms with Crippen LogP contribution in [-0.4, -0.2) is 56.6 Å². The lowest BCUT2D eigenvalue weighted by Crippen LogP contribution is -2.37. The average molecular weight is 329 g/mol. The summed E-state index contributed by atoms with van der Waals surface area (Å²) in [6.07, 6.45) is 2.73. The second kappa shape index (κ2) is 6.63. The van der Waals surface area contributed by atoms with Gasteiger partial charge in [0.05, 0.1) is 12.5 Å². The largest absolute Gasteiger partial charge is 0.302 e. The van der Waals surface area contributed by atoms with Crippen LogP contribution in [0.15, 0.2) is 29.4 Å². The molecule has 1 fully saturated rings. The third kappa shape index (κ3) is 3.29. The predicted octanol–water partition coefficient (Wildman–Crippen LogP) is 2.67. The van der Waals surface area contributed by atoms with Crippen LogP contribution in [0.25, 0.3) is 11.4 Å². The molecule has 2 aliphatic rings. The molecule has 0 N–H and O–H groups in total. The first-order valence-electron chi connectivity index (χ1n) is 8.37. The van der Waals surface area contributed by atoms with Crippen LogP contribution in [0.2, 0.25) is 0 Å². The lowest BCUT2D eigenvalue weighted by molar-refractivity contribution is 0.203. The van der Waals surface area contributed by atoms with E-state index in [9.17, 15) is 0 Å². The number of hydrogen-bond acceptors (Lipinski definition) is 5. The Labute approximate surface area is 141 Å². The topological polar surface area (TPSA) is 37.2 Å². The lowest BCUT2D eigenvalue weighted by atomic mass is 10.1. The maximum Gasteiger partial charge on any atom is 0.193 e. The van der Waals surface area contributed by atoms with Gasteiger partial charge in [0, 0.05) is 18.7 Å². The van der Waals surface area contributed by atoms with Gasteiger partial charge in [-0.2, -0.15) is 0 Å². The van der Waals surface area contributed by atoms with Crippen LogP contribution >= 0.6 is 11.8 Å². The van der Waals surface area contributed by atoms with Gasteiger partial charge in [0.2, 0.25) is 0 Å². The zero-order chi connectivity index (χ0) is 15.6. The molecule has 0 atom stereocenters. The second-order valence-corrected chi connectivity index (χ2v) is 7.37. The third-order valence-electron chi connectivity index (χ3n) is 4.64. The Kier molecular flexibility index (Phi) is 4.37. The molecule has 2 aromatic rings. The van der Waals surface area contributed by atoms with Gasteiger partial charge in [-0.25, -0.2) is 0 Å². The van der Waals surface area contributed by atoms with Gasteiger partial charge in [-0.05, 0) is 38.9 Å². The quantitative estimate of drug-likeness (QED) is 0.862. The molecule has 0 aliphatic carbocycles. The average Bonchev–Trinajstić information content (AvgIpc) is 3.22. The number of aromatic nitrogens is 3. The van der Waals surface area contributed by atoms with E-state index in [4.69, 9.17) is 0 Å². The predicted molar refractivity (Wildman–Crippen MR) is 93.3 cm³/mol. The maximum absolute atomic E-state index is 4.44. The third-order valence-corrected chi connectivity index (χ3v) is 5.70. The van der Waals surface area contributed by atoms with Crippen molar-refractivity contribution in [1.29, 1.82) is 0 Å². The molecule has 4 rings (SSSR count). The van der Waals surface area contributed by atoms with Crippen LogP contribution in [0.1, 0.15) is 18.4 Å². The Morgan fingerprint density at radius 2 is 1.91 bits per heavy atom. The Balaban J connectivity index is 1.48. The van der Waals surface area contributed by atoms with Crippen molar-refractivity contribution in [3.63, 3.8) is 0 Å². The van der Waals surface area contributed by atoms with Crippen LogP contribution in [0.4, 0.5) is 0 Å². The van der Waals surface area contributed by atoms with E-state index in [1.807, 2.05) is 0 Å². The number of nitrogens with zero attached hydrogens (tertiary/aromatic N) is 5. The zero-order valence-electron chi connectivity index (χ0n) is 13.6. The maximum atomic E-state index is 4.44. The van der Waals surface area contributed by atoms with Crippen molar-refractivity contribution in [2.45, 2.75) is 31.6 Å². The fourth-order valence-corrected chi connectivity index (χ4v) is 4.24. The first kappa shape index (κ1) is 15.2. The Bertz CT molecular complexity index is 677. The molecule has 1 saturated heterocycles. The molecule has 23 heavy (non-hydrogen) atoms. The molecule has 6 heteroatoms. The highest BCUT2D eigenvalue weighted by Gasteiger charge is 2.23. The summed E-state index contributed by atoms with van der Waals surface area (Å²) in [7, 11) is 0. The standard InChI is InChI=1S/C17H23N5S/c1-14-5-4-6-15(11-14)16-18-19-17-22(16)12-21(13-23-17)10-9-20-7-2-3-8-20/h4-6,11H,2-3,7-10,12-13H2,1H3. The molecular weight excluding hydrogens is 306 g/mol. The number of thioether (sulfide) groups is 1. The summed E-state index contributed by atoms with van der Waals surface area (Å²) >= 11 is 1.80. The molecule has 0 radical (unpaired) electrons. The summed E-state index contributed by atoms with van der Waals surface area (Å²) in [5.41, 5.74) is 2.42. The molecule has 122 valence electrons. The van der Waals surface area contributed by atoms with Crippen molar-refractivity contribution in [2.75, 3.05) is 32.1 Å². The molecule has 2 aliphatic heterocycles. The van der Waals surface area contributed by atoms with E-state index >= 15 is 0 Å². The van der Waals surface area contributed by atoms with Crippen LogP contribution < -0.4 is 0 Å². The summed E-state index contributed by atoms with van der Waals surface area (Å²) in [6.45, 7) is 7.86. The summed E-state index contributed by atoms with van der Waals surface area (Å²) in [4.78, 5) is 5.08. The minimum absolute atomic E-state index is 0.895. The Hall–Kier alpha value is -1.37. The van der Waals surface area contributed by atoms with Gasteiger partial charge in [-0.15, -0.1) is 10.2 Å². The normalized spacial score (nSPS) is 19.2. The van der Waals surface area contributed by atoms with E-state index in [2.05, 4.69) is 55.8 Å². The minimum Gasteiger partial charge on any atom is -0.302 e. The molecule has 0 spiro atoms. The molecular formula is C17H23N5S. The second-order valence-electron chi connectivity index (χ2n) is 6.46. The summed E-state index contributed by atoms with van der Waals surface area (Å²) < 4.78 is 2.26. The van der Waals surface area contributed by atoms with E-state index in [-0.39, 0.29) is 0 Å². The van der Waals surface area contributed by atoms with Crippen LogP contribution in [-0.2, 0) is 6.67 Å². The van der Waals surface area contributed by atoms with Gasteiger partial charge in [-0.3, -0.25) is 9.47 Å². The fourth-order valence-electron chi connectivity index (χ4n) is 3.33. The van der Waals surface area contributed by atoms with Crippen molar-refractivity contribution >= 4 is 11.8 Å². The van der Waals surface area contributed by atoms with Gasteiger partial charge in [0.1, 0.15) is 0 Å². The van der Waals surface area contributed by atoms with Gasteiger partial charge in [0.15, 0.2) is 11.0 Å². The highest BCUT2D eigenvalue weighted by Crippen LogP contribution is 2.29. The fraction of sp³-hybridized carbons (Fsp3) is 0.529. The smallest absolute Gasteiger partial charge is 0.193 e. The van der Waals surface area contributed by atoms with Gasteiger partial charge >= 0.3 is 0 Å². The summed E-state index contributed by atoms with van der Waals surface area (Å²) in [6, 6.07) is 8.52. The minimum atomic E-state index is 0.895. The van der Waals surface area contributed by atoms with E-state index in [1.54, 1.807) is 11.8 Å². The number of fused-ring (bicyclic) bond motifs is 1. The number of benzene rings is 1. The lowest BCUT2D eigenvalue weighted by Gasteiger charge is -2.29. The molecule has 1 aromatic carbocycles. The van der Waals surface area contributed by atoms with Gasteiger partial charge < -0.3 is 4.90 Å². The molecule has 3 heterocycles. The number of likely N-dealkylation sites (tertiary alicyclic amines) is 1. The molecule has 0 saturated carbocycles. The van der Waals surface area contributed by atoms with Gasteiger partial charge in [0.25, 0.3) is 0 Å². The number of hydrogen-bond donors (Lipinski definition) is 0. The molecule has 5 nitrogen and oxygen atoms in total. The van der Waals surface area contributed by atoms with Crippen molar-refractivity contribution in [3.05, 3.63) is 29.8 Å². The van der Waals surface area contributed by atoms with E-state index in [1.165, 1.54) is 38.0 Å². The van der Waals surface area contributed by atoms with Crippen molar-refractivity contribution in [2.24, 2.45) is 0 Å². The number of aryl methyl sites for hydroxylation is 1. The van der Waals surface area contributed by atoms with E-state index in [0.717, 1.165) is 35.6 Å². The van der Waals surface area contributed by atoms with Crippen molar-refractivity contribution in [1.82, 2.24) is 24.6 Å². The SMILES string of the molecule is Cc1cccc(-c2nnc3n2CN(CCN2CCCC2)CS3)c1.